The number of piperazine rings is 1. The van der Waals surface area contributed by atoms with Gasteiger partial charge in [0.05, 0.1) is 0 Å². The third-order valence-electron chi connectivity index (χ3n) is 3.57. The van der Waals surface area contributed by atoms with Crippen molar-refractivity contribution in [2.75, 3.05) is 32.8 Å². The van der Waals surface area contributed by atoms with E-state index in [2.05, 4.69) is 26.0 Å². The van der Waals surface area contributed by atoms with Crippen LogP contribution in [0.2, 0.25) is 0 Å². The molecule has 0 spiro atoms. The van der Waals surface area contributed by atoms with Gasteiger partial charge in [-0.05, 0) is 23.8 Å². The summed E-state index contributed by atoms with van der Waals surface area (Å²) in [6, 6.07) is 1.72. The molecule has 0 saturated carbocycles. The molecule has 144 valence electrons. The number of aliphatic hydroxyl groups excluding tert-OH is 1. The molecule has 1 heterocycles. The zero-order valence-corrected chi connectivity index (χ0v) is 15.2. The van der Waals surface area contributed by atoms with Crippen LogP contribution < -0.4 is 10.1 Å². The fraction of sp³-hybridized carbons (Fsp3) is 0.571. The molecular weight excluding hydrogens is 439 g/mol. The van der Waals surface area contributed by atoms with Gasteiger partial charge in [0, 0.05) is 30.7 Å². The molecule has 2 N–H and O–H groups in total. The summed E-state index contributed by atoms with van der Waals surface area (Å²) in [6.45, 7) is 0.0872. The van der Waals surface area contributed by atoms with E-state index in [9.17, 15) is 22.0 Å². The molecule has 25 heavy (non-hydrogen) atoms. The van der Waals surface area contributed by atoms with Gasteiger partial charge in [0.1, 0.15) is 18.4 Å². The van der Waals surface area contributed by atoms with Crippen molar-refractivity contribution in [3.8, 4) is 5.75 Å². The molecule has 0 radical (unpaired) electrons. The summed E-state index contributed by atoms with van der Waals surface area (Å²) in [5, 5.41) is 12.1. The summed E-state index contributed by atoms with van der Waals surface area (Å²) >= 11 is 3.02. The Morgan fingerprint density at radius 1 is 1.16 bits per heavy atom. The number of ether oxygens (including phenoxy) is 1. The summed E-state index contributed by atoms with van der Waals surface area (Å²) in [6.07, 6.45) is -4.93. The lowest BCUT2D eigenvalue weighted by Gasteiger charge is -2.38. The Bertz CT molecular complexity index is 571. The van der Waals surface area contributed by atoms with Gasteiger partial charge in [0.15, 0.2) is 0 Å². The maximum Gasteiger partial charge on any atom is 0.573 e. The van der Waals surface area contributed by atoms with E-state index in [4.69, 9.17) is 5.11 Å². The number of hydrogen-bond acceptors (Lipinski definition) is 4. The Morgan fingerprint density at radius 2 is 1.76 bits per heavy atom. The molecule has 0 aliphatic carbocycles. The summed E-state index contributed by atoms with van der Waals surface area (Å²) < 4.78 is 69.9. The van der Waals surface area contributed by atoms with Crippen molar-refractivity contribution < 1.29 is 31.8 Å². The van der Waals surface area contributed by atoms with Gasteiger partial charge in [0.25, 0.3) is 5.92 Å². The summed E-state index contributed by atoms with van der Waals surface area (Å²) in [5.41, 5.74) is -0.0652. The van der Waals surface area contributed by atoms with Gasteiger partial charge in [-0.3, -0.25) is 4.90 Å². The average Bonchev–Trinajstić information content (AvgIpc) is 2.46. The highest BCUT2D eigenvalue weighted by Crippen LogP contribution is 2.39. The Kier molecular flexibility index (Phi) is 7.88. The molecule has 0 bridgehead atoms. The Labute approximate surface area is 155 Å². The Morgan fingerprint density at radius 3 is 2.28 bits per heavy atom. The van der Waals surface area contributed by atoms with Crippen molar-refractivity contribution in [3.63, 3.8) is 0 Å². The lowest BCUT2D eigenvalue weighted by molar-refractivity contribution is -0.274. The van der Waals surface area contributed by atoms with Gasteiger partial charge < -0.3 is 15.2 Å². The molecule has 0 amide bonds. The maximum atomic E-state index is 14.3. The highest BCUT2D eigenvalue weighted by Gasteiger charge is 2.44. The molecule has 1 fully saturated rings. The van der Waals surface area contributed by atoms with Crippen LogP contribution >= 0.6 is 28.3 Å². The second-order valence-corrected chi connectivity index (χ2v) is 6.29. The number of aliphatic hydroxyl groups is 1. The highest BCUT2D eigenvalue weighted by molar-refractivity contribution is 9.10. The fourth-order valence-electron chi connectivity index (χ4n) is 2.68. The van der Waals surface area contributed by atoms with Crippen LogP contribution in [-0.4, -0.2) is 55.1 Å². The van der Waals surface area contributed by atoms with E-state index in [1.165, 1.54) is 11.0 Å². The van der Waals surface area contributed by atoms with Crippen LogP contribution in [0.1, 0.15) is 11.6 Å². The van der Waals surface area contributed by atoms with Gasteiger partial charge >= 0.3 is 6.36 Å². The first-order valence-electron chi connectivity index (χ1n) is 7.12. The van der Waals surface area contributed by atoms with Crippen LogP contribution in [0.25, 0.3) is 0 Å². The summed E-state index contributed by atoms with van der Waals surface area (Å²) in [7, 11) is 0. The van der Waals surface area contributed by atoms with Crippen molar-refractivity contribution in [3.05, 3.63) is 28.2 Å². The maximum absolute atomic E-state index is 14.3. The van der Waals surface area contributed by atoms with Gasteiger partial charge in [-0.25, -0.2) is 8.78 Å². The van der Waals surface area contributed by atoms with Crippen molar-refractivity contribution in [2.45, 2.75) is 18.3 Å². The molecular formula is C14H17BrClF5N2O2. The van der Waals surface area contributed by atoms with E-state index in [1.807, 2.05) is 0 Å². The third kappa shape index (κ3) is 6.21. The predicted octanol–water partition coefficient (Wildman–Crippen LogP) is 3.34. The lowest BCUT2D eigenvalue weighted by Crippen LogP contribution is -2.51. The van der Waals surface area contributed by atoms with E-state index in [1.54, 1.807) is 0 Å². The zero-order valence-electron chi connectivity index (χ0n) is 12.8. The topological polar surface area (TPSA) is 44.7 Å². The van der Waals surface area contributed by atoms with E-state index in [-0.39, 0.29) is 35.5 Å². The van der Waals surface area contributed by atoms with E-state index in [0.717, 1.165) is 12.1 Å². The highest BCUT2D eigenvalue weighted by atomic mass is 79.9. The molecule has 0 unspecified atom stereocenters. The van der Waals surface area contributed by atoms with Gasteiger partial charge in [-0.1, -0.05) is 15.9 Å². The van der Waals surface area contributed by atoms with Crippen LogP contribution in [-0.2, 0) is 0 Å². The number of nitrogens with zero attached hydrogens (tertiary/aromatic N) is 1. The molecule has 1 atom stereocenters. The number of nitrogens with one attached hydrogen (secondary N) is 1. The largest absolute Gasteiger partial charge is 0.573 e. The number of halogens is 7. The summed E-state index contributed by atoms with van der Waals surface area (Å²) in [4.78, 5) is 1.44. The minimum absolute atomic E-state index is 0. The van der Waals surface area contributed by atoms with Gasteiger partial charge in [-0.15, -0.1) is 25.6 Å². The number of rotatable bonds is 5. The van der Waals surface area contributed by atoms with Crippen molar-refractivity contribution in [2.24, 2.45) is 0 Å². The van der Waals surface area contributed by atoms with Crippen LogP contribution in [0, 0.1) is 0 Å². The van der Waals surface area contributed by atoms with Gasteiger partial charge in [-0.2, -0.15) is 0 Å². The minimum Gasteiger partial charge on any atom is -0.406 e. The normalized spacial score (nSPS) is 17.7. The number of benzene rings is 1. The molecule has 1 aromatic carbocycles. The fourth-order valence-corrected chi connectivity index (χ4v) is 3.17. The van der Waals surface area contributed by atoms with Gasteiger partial charge in [0.2, 0.25) is 0 Å². The standard InChI is InChI=1S/C14H16BrF5N2O2.ClH/c15-10-5-9(6-11(7-10)24-14(18,19)20)12(13(16,17)8-23)22-3-1-21-2-4-22;/h5-7,12,21,23H,1-4,8H2;1H/t12-;/m0./s1. The first-order valence-corrected chi connectivity index (χ1v) is 7.91. The van der Waals surface area contributed by atoms with Crippen molar-refractivity contribution in [1.82, 2.24) is 10.2 Å². The summed E-state index contributed by atoms with van der Waals surface area (Å²) in [5.74, 6) is -4.12. The molecule has 1 aliphatic heterocycles. The quantitative estimate of drug-likeness (QED) is 0.669. The molecule has 1 aliphatic rings. The Hall–Kier alpha value is -0.680. The van der Waals surface area contributed by atoms with Crippen LogP contribution in [0.3, 0.4) is 0 Å². The van der Waals surface area contributed by atoms with Crippen LogP contribution in [0.15, 0.2) is 22.7 Å². The predicted molar refractivity (Wildman–Crippen MR) is 87.3 cm³/mol. The second-order valence-electron chi connectivity index (χ2n) is 5.38. The minimum atomic E-state index is -4.93. The number of alkyl halides is 5. The monoisotopic (exact) mass is 454 g/mol. The first-order chi connectivity index (χ1) is 11.1. The SMILES string of the molecule is Cl.OCC(F)(F)[C@H](c1cc(Br)cc(OC(F)(F)F)c1)N1CCNCC1. The third-order valence-corrected chi connectivity index (χ3v) is 4.03. The Balaban J connectivity index is 0.00000312. The smallest absolute Gasteiger partial charge is 0.406 e. The van der Waals surface area contributed by atoms with Crippen LogP contribution in [0.5, 0.6) is 5.75 Å². The second kappa shape index (κ2) is 8.81. The zero-order chi connectivity index (χ0) is 18.0. The van der Waals surface area contributed by atoms with E-state index >= 15 is 0 Å². The van der Waals surface area contributed by atoms with Crippen LogP contribution in [0.4, 0.5) is 22.0 Å². The first kappa shape index (κ1) is 22.4. The van der Waals surface area contributed by atoms with Crippen molar-refractivity contribution in [1.29, 1.82) is 0 Å². The molecule has 2 rings (SSSR count). The van der Waals surface area contributed by atoms with Crippen molar-refractivity contribution >= 4 is 28.3 Å². The molecule has 0 aromatic heterocycles. The van der Waals surface area contributed by atoms with E-state index in [0.29, 0.717) is 13.1 Å². The molecule has 1 aromatic rings. The lowest BCUT2D eigenvalue weighted by atomic mass is 9.98. The average molecular weight is 456 g/mol. The molecule has 1 saturated heterocycles. The molecule has 11 heteroatoms. The molecule has 4 nitrogen and oxygen atoms in total. The number of hydrogen-bond donors (Lipinski definition) is 2. The van der Waals surface area contributed by atoms with E-state index < -0.39 is 30.7 Å².